The van der Waals surface area contributed by atoms with Crippen LogP contribution in [0.3, 0.4) is 0 Å². The molecule has 2 rings (SSSR count). The summed E-state index contributed by atoms with van der Waals surface area (Å²) in [6, 6.07) is 10.8. The molecular formula is C17H15F2NO3. The topological polar surface area (TPSA) is 66.4 Å². The van der Waals surface area contributed by atoms with Gasteiger partial charge in [0, 0.05) is 5.56 Å². The van der Waals surface area contributed by atoms with E-state index in [1.807, 2.05) is 30.3 Å². The van der Waals surface area contributed by atoms with Crippen molar-refractivity contribution in [3.8, 4) is 0 Å². The van der Waals surface area contributed by atoms with Crippen LogP contribution in [0.5, 0.6) is 0 Å². The van der Waals surface area contributed by atoms with E-state index >= 15 is 0 Å². The summed E-state index contributed by atoms with van der Waals surface area (Å²) in [5.41, 5.74) is 0.815. The molecule has 120 valence electrons. The molecule has 0 fully saturated rings. The maximum absolute atomic E-state index is 13.1. The van der Waals surface area contributed by atoms with E-state index in [9.17, 15) is 23.5 Å². The molecule has 2 aromatic carbocycles. The second-order valence-electron chi connectivity index (χ2n) is 5.02. The summed E-state index contributed by atoms with van der Waals surface area (Å²) in [6.45, 7) is 0. The molecule has 0 aromatic heterocycles. The Morgan fingerprint density at radius 2 is 1.74 bits per heavy atom. The minimum absolute atomic E-state index is 0.130. The Kier molecular flexibility index (Phi) is 5.41. The van der Waals surface area contributed by atoms with E-state index < -0.39 is 29.6 Å². The first kappa shape index (κ1) is 16.6. The Labute approximate surface area is 131 Å². The molecule has 4 nitrogen and oxygen atoms in total. The molecule has 0 unspecified atom stereocenters. The molecule has 0 radical (unpaired) electrons. The molecule has 2 aromatic rings. The fourth-order valence-electron chi connectivity index (χ4n) is 2.09. The zero-order chi connectivity index (χ0) is 16.8. The van der Waals surface area contributed by atoms with Gasteiger partial charge in [-0.1, -0.05) is 30.3 Å². The molecule has 0 aliphatic heterocycles. The Bertz CT molecular complexity index is 704. The van der Waals surface area contributed by atoms with Crippen LogP contribution in [0.1, 0.15) is 22.3 Å². The maximum Gasteiger partial charge on any atom is 0.326 e. The van der Waals surface area contributed by atoms with E-state index in [4.69, 9.17) is 0 Å². The molecule has 0 saturated heterocycles. The van der Waals surface area contributed by atoms with Gasteiger partial charge in [-0.25, -0.2) is 13.6 Å². The lowest BCUT2D eigenvalue weighted by Crippen LogP contribution is -2.41. The largest absolute Gasteiger partial charge is 0.480 e. The summed E-state index contributed by atoms with van der Waals surface area (Å²) in [6.07, 6.45) is 0.657. The van der Waals surface area contributed by atoms with Crippen LogP contribution in [0.4, 0.5) is 8.78 Å². The van der Waals surface area contributed by atoms with Crippen LogP contribution >= 0.6 is 0 Å². The lowest BCUT2D eigenvalue weighted by Gasteiger charge is -2.14. The predicted octanol–water partition coefficient (Wildman–Crippen LogP) is 2.78. The number of carboxylic acid groups (broad SMARTS) is 1. The number of amides is 1. The minimum Gasteiger partial charge on any atom is -0.480 e. The molecule has 23 heavy (non-hydrogen) atoms. The highest BCUT2D eigenvalue weighted by Crippen LogP contribution is 2.10. The SMILES string of the molecule is O=C(N[C@@H](CCc1ccccc1)C(=O)O)c1ccc(F)c(F)c1. The molecule has 0 saturated carbocycles. The zero-order valence-electron chi connectivity index (χ0n) is 12.1. The number of nitrogens with one attached hydrogen (secondary N) is 1. The van der Waals surface area contributed by atoms with Gasteiger partial charge < -0.3 is 10.4 Å². The molecule has 0 spiro atoms. The summed E-state index contributed by atoms with van der Waals surface area (Å²) in [4.78, 5) is 23.2. The molecule has 0 heterocycles. The molecule has 6 heteroatoms. The standard InChI is InChI=1S/C17H15F2NO3/c18-13-8-7-12(10-14(13)19)16(21)20-15(17(22)23)9-6-11-4-2-1-3-5-11/h1-5,7-8,10,15H,6,9H2,(H,20,21)(H,22,23)/t15-/m0/s1. The van der Waals surface area contributed by atoms with Crippen LogP contribution in [0.25, 0.3) is 0 Å². The monoisotopic (exact) mass is 319 g/mol. The molecule has 0 aliphatic carbocycles. The average Bonchev–Trinajstić information content (AvgIpc) is 2.54. The van der Waals surface area contributed by atoms with Crippen LogP contribution in [-0.2, 0) is 11.2 Å². The van der Waals surface area contributed by atoms with Gasteiger partial charge in [0.25, 0.3) is 5.91 Å². The predicted molar refractivity (Wildman–Crippen MR) is 80.0 cm³/mol. The third kappa shape index (κ3) is 4.60. The van der Waals surface area contributed by atoms with Crippen LogP contribution < -0.4 is 5.32 Å². The van der Waals surface area contributed by atoms with Gasteiger partial charge in [-0.2, -0.15) is 0 Å². The minimum atomic E-state index is -1.18. The van der Waals surface area contributed by atoms with E-state index in [-0.39, 0.29) is 12.0 Å². The Morgan fingerprint density at radius 1 is 1.04 bits per heavy atom. The van der Waals surface area contributed by atoms with Crippen LogP contribution in [0, 0.1) is 11.6 Å². The number of rotatable bonds is 6. The number of hydrogen-bond donors (Lipinski definition) is 2. The van der Waals surface area contributed by atoms with Gasteiger partial charge in [0.15, 0.2) is 11.6 Å². The van der Waals surface area contributed by atoms with Crippen molar-refractivity contribution in [2.45, 2.75) is 18.9 Å². The van der Waals surface area contributed by atoms with Crippen molar-refractivity contribution in [1.82, 2.24) is 5.32 Å². The fourth-order valence-corrected chi connectivity index (χ4v) is 2.09. The normalized spacial score (nSPS) is 11.7. The van der Waals surface area contributed by atoms with Gasteiger partial charge in [-0.05, 0) is 36.6 Å². The summed E-state index contributed by atoms with van der Waals surface area (Å²) in [5.74, 6) is -4.17. The molecule has 0 bridgehead atoms. The van der Waals surface area contributed by atoms with Crippen LogP contribution in [0.15, 0.2) is 48.5 Å². The Balaban J connectivity index is 2.02. The number of benzene rings is 2. The molecule has 1 atom stereocenters. The highest BCUT2D eigenvalue weighted by atomic mass is 19.2. The number of aliphatic carboxylic acids is 1. The number of halogens is 2. The van der Waals surface area contributed by atoms with E-state index in [0.717, 1.165) is 23.8 Å². The summed E-state index contributed by atoms with van der Waals surface area (Å²) in [5, 5.41) is 11.5. The highest BCUT2D eigenvalue weighted by molar-refractivity contribution is 5.96. The zero-order valence-corrected chi connectivity index (χ0v) is 12.1. The second-order valence-corrected chi connectivity index (χ2v) is 5.02. The average molecular weight is 319 g/mol. The smallest absolute Gasteiger partial charge is 0.326 e. The van der Waals surface area contributed by atoms with Crippen molar-refractivity contribution in [1.29, 1.82) is 0 Å². The number of aryl methyl sites for hydroxylation is 1. The van der Waals surface area contributed by atoms with Crippen molar-refractivity contribution in [3.63, 3.8) is 0 Å². The quantitative estimate of drug-likeness (QED) is 0.860. The molecule has 0 aliphatic rings. The highest BCUT2D eigenvalue weighted by Gasteiger charge is 2.21. The van der Waals surface area contributed by atoms with E-state index in [1.165, 1.54) is 0 Å². The van der Waals surface area contributed by atoms with Gasteiger partial charge in [0.2, 0.25) is 0 Å². The Hall–Kier alpha value is -2.76. The third-order valence-corrected chi connectivity index (χ3v) is 3.35. The summed E-state index contributed by atoms with van der Waals surface area (Å²) < 4.78 is 26.0. The van der Waals surface area contributed by atoms with Crippen LogP contribution in [-0.4, -0.2) is 23.0 Å². The van der Waals surface area contributed by atoms with Crippen molar-refractivity contribution < 1.29 is 23.5 Å². The number of carboxylic acids is 1. The first-order chi connectivity index (χ1) is 11.0. The first-order valence-electron chi connectivity index (χ1n) is 7.00. The molecule has 1 amide bonds. The number of carbonyl (C=O) groups is 2. The van der Waals surface area contributed by atoms with Gasteiger partial charge in [-0.15, -0.1) is 0 Å². The van der Waals surface area contributed by atoms with Gasteiger partial charge in [0.05, 0.1) is 0 Å². The van der Waals surface area contributed by atoms with Crippen molar-refractivity contribution in [2.24, 2.45) is 0 Å². The maximum atomic E-state index is 13.1. The van der Waals surface area contributed by atoms with E-state index in [0.29, 0.717) is 6.42 Å². The number of carbonyl (C=O) groups excluding carboxylic acids is 1. The van der Waals surface area contributed by atoms with Gasteiger partial charge in [-0.3, -0.25) is 4.79 Å². The van der Waals surface area contributed by atoms with Crippen LogP contribution in [0.2, 0.25) is 0 Å². The second kappa shape index (κ2) is 7.49. The van der Waals surface area contributed by atoms with Crippen molar-refractivity contribution >= 4 is 11.9 Å². The Morgan fingerprint density at radius 3 is 2.35 bits per heavy atom. The molecule has 2 N–H and O–H groups in total. The lowest BCUT2D eigenvalue weighted by molar-refractivity contribution is -0.139. The van der Waals surface area contributed by atoms with Crippen molar-refractivity contribution in [2.75, 3.05) is 0 Å². The summed E-state index contributed by atoms with van der Waals surface area (Å²) in [7, 11) is 0. The third-order valence-electron chi connectivity index (χ3n) is 3.35. The van der Waals surface area contributed by atoms with Gasteiger partial charge >= 0.3 is 5.97 Å². The summed E-state index contributed by atoms with van der Waals surface area (Å²) >= 11 is 0. The fraction of sp³-hybridized carbons (Fsp3) is 0.176. The van der Waals surface area contributed by atoms with E-state index in [2.05, 4.69) is 5.32 Å². The van der Waals surface area contributed by atoms with E-state index in [1.54, 1.807) is 0 Å². The number of hydrogen-bond acceptors (Lipinski definition) is 2. The first-order valence-corrected chi connectivity index (χ1v) is 7.00. The molecular weight excluding hydrogens is 304 g/mol. The van der Waals surface area contributed by atoms with Crippen molar-refractivity contribution in [3.05, 3.63) is 71.3 Å². The lowest BCUT2D eigenvalue weighted by atomic mass is 10.0. The van der Waals surface area contributed by atoms with Gasteiger partial charge in [0.1, 0.15) is 6.04 Å².